The number of carbonyl (C=O) groups excluding carboxylic acids is 3. The van der Waals surface area contributed by atoms with Crippen molar-refractivity contribution in [3.63, 3.8) is 0 Å². The van der Waals surface area contributed by atoms with Gasteiger partial charge >= 0.3 is 0 Å². The number of imide groups is 1. The van der Waals surface area contributed by atoms with Crippen molar-refractivity contribution in [3.8, 4) is 0 Å². The highest BCUT2D eigenvalue weighted by Crippen LogP contribution is 2.35. The lowest BCUT2D eigenvalue weighted by Crippen LogP contribution is -2.32. The summed E-state index contributed by atoms with van der Waals surface area (Å²) in [6.07, 6.45) is 7.60. The Labute approximate surface area is 132 Å². The Morgan fingerprint density at radius 1 is 1.27 bits per heavy atom. The van der Waals surface area contributed by atoms with Crippen molar-refractivity contribution in [2.24, 2.45) is 11.8 Å². The van der Waals surface area contributed by atoms with Crippen LogP contribution in [-0.2, 0) is 14.4 Å². The molecule has 2 atom stereocenters. The summed E-state index contributed by atoms with van der Waals surface area (Å²) in [7, 11) is 0. The number of nitrogens with zero attached hydrogens (tertiary/aromatic N) is 2. The quantitative estimate of drug-likeness (QED) is 0.663. The predicted molar refractivity (Wildman–Crippen MR) is 82.1 cm³/mol. The molecule has 1 aromatic rings. The van der Waals surface area contributed by atoms with E-state index >= 15 is 0 Å². The second-order valence-corrected chi connectivity index (χ2v) is 6.37. The van der Waals surface area contributed by atoms with Gasteiger partial charge in [0.1, 0.15) is 0 Å². The third-order valence-corrected chi connectivity index (χ3v) is 4.75. The maximum atomic E-state index is 12.2. The van der Waals surface area contributed by atoms with Gasteiger partial charge in [-0.3, -0.25) is 19.3 Å². The standard InChI is InChI=1S/C15H17N3O3S/c19-12(17-15-16-7-9-22-15)6-3-8-18-13(20)10-4-1-2-5-11(10)14(18)21/h1-2,7,9-11H,3-6,8H2,(H,16,17,19)/t10-,11-/m0/s1. The number of hydrogen-bond acceptors (Lipinski definition) is 5. The fourth-order valence-corrected chi connectivity index (χ4v) is 3.50. The molecular weight excluding hydrogens is 302 g/mol. The van der Waals surface area contributed by atoms with Gasteiger partial charge in [-0.25, -0.2) is 4.98 Å². The molecule has 0 aromatic carbocycles. The number of anilines is 1. The Hall–Kier alpha value is -2.02. The van der Waals surface area contributed by atoms with Crippen molar-refractivity contribution < 1.29 is 14.4 Å². The first kappa shape index (κ1) is 14.9. The van der Waals surface area contributed by atoms with E-state index in [0.29, 0.717) is 30.9 Å². The normalized spacial score (nSPS) is 23.7. The average Bonchev–Trinajstić information content (AvgIpc) is 3.10. The zero-order valence-electron chi connectivity index (χ0n) is 12.0. The molecule has 6 nitrogen and oxygen atoms in total. The molecule has 0 bridgehead atoms. The van der Waals surface area contributed by atoms with Crippen LogP contribution in [0.3, 0.4) is 0 Å². The van der Waals surface area contributed by atoms with Gasteiger partial charge in [-0.1, -0.05) is 12.2 Å². The first-order chi connectivity index (χ1) is 10.7. The average molecular weight is 319 g/mol. The first-order valence-corrected chi connectivity index (χ1v) is 8.24. The number of allylic oxidation sites excluding steroid dienone is 2. The summed E-state index contributed by atoms with van der Waals surface area (Å²) < 4.78 is 0. The minimum Gasteiger partial charge on any atom is -0.302 e. The van der Waals surface area contributed by atoms with Crippen molar-refractivity contribution in [1.29, 1.82) is 0 Å². The number of rotatable bonds is 5. The molecule has 1 saturated heterocycles. The highest BCUT2D eigenvalue weighted by Gasteiger charge is 2.46. The lowest BCUT2D eigenvalue weighted by Gasteiger charge is -2.14. The molecule has 3 amide bonds. The van der Waals surface area contributed by atoms with Gasteiger partial charge in [0.15, 0.2) is 5.13 Å². The van der Waals surface area contributed by atoms with E-state index in [1.165, 1.54) is 16.2 Å². The van der Waals surface area contributed by atoms with E-state index in [1.807, 2.05) is 12.2 Å². The van der Waals surface area contributed by atoms with Crippen LogP contribution in [-0.4, -0.2) is 34.2 Å². The summed E-state index contributed by atoms with van der Waals surface area (Å²) in [6, 6.07) is 0. The molecule has 0 saturated carbocycles. The van der Waals surface area contributed by atoms with Gasteiger partial charge < -0.3 is 5.32 Å². The molecule has 2 heterocycles. The van der Waals surface area contributed by atoms with E-state index in [9.17, 15) is 14.4 Å². The van der Waals surface area contributed by atoms with Crippen LogP contribution in [0.2, 0.25) is 0 Å². The van der Waals surface area contributed by atoms with Crippen molar-refractivity contribution in [1.82, 2.24) is 9.88 Å². The molecule has 0 spiro atoms. The number of nitrogens with one attached hydrogen (secondary N) is 1. The summed E-state index contributed by atoms with van der Waals surface area (Å²) in [5, 5.41) is 5.04. The second kappa shape index (κ2) is 6.39. The van der Waals surface area contributed by atoms with Gasteiger partial charge in [0.05, 0.1) is 11.8 Å². The molecule has 0 unspecified atom stereocenters. The number of fused-ring (bicyclic) bond motifs is 1. The highest BCUT2D eigenvalue weighted by atomic mass is 32.1. The molecule has 1 fully saturated rings. The number of thiazole rings is 1. The largest absolute Gasteiger partial charge is 0.302 e. The van der Waals surface area contributed by atoms with Gasteiger partial charge in [0.2, 0.25) is 17.7 Å². The van der Waals surface area contributed by atoms with Gasteiger partial charge in [-0.2, -0.15) is 0 Å². The van der Waals surface area contributed by atoms with Crippen LogP contribution in [0, 0.1) is 11.8 Å². The number of hydrogen-bond donors (Lipinski definition) is 1. The molecule has 116 valence electrons. The van der Waals surface area contributed by atoms with Crippen molar-refractivity contribution in [2.45, 2.75) is 25.7 Å². The van der Waals surface area contributed by atoms with Crippen molar-refractivity contribution >= 4 is 34.2 Å². The molecule has 2 aliphatic rings. The van der Waals surface area contributed by atoms with Crippen LogP contribution < -0.4 is 5.32 Å². The molecule has 3 rings (SSSR count). The predicted octanol–water partition coefficient (Wildman–Crippen LogP) is 1.81. The van der Waals surface area contributed by atoms with Crippen LogP contribution in [0.1, 0.15) is 25.7 Å². The Morgan fingerprint density at radius 2 is 1.95 bits per heavy atom. The smallest absolute Gasteiger partial charge is 0.233 e. The zero-order chi connectivity index (χ0) is 15.5. The lowest BCUT2D eigenvalue weighted by molar-refractivity contribution is -0.140. The third kappa shape index (κ3) is 2.94. The van der Waals surface area contributed by atoms with Crippen LogP contribution in [0.15, 0.2) is 23.7 Å². The van der Waals surface area contributed by atoms with E-state index in [0.717, 1.165) is 0 Å². The van der Waals surface area contributed by atoms with E-state index in [4.69, 9.17) is 0 Å². The summed E-state index contributed by atoms with van der Waals surface area (Å²) in [5.74, 6) is -0.698. The SMILES string of the molecule is O=C(CCCN1C(=O)[C@H]2CC=CC[C@@H]2C1=O)Nc1nccs1. The van der Waals surface area contributed by atoms with Gasteiger partial charge in [-0.05, 0) is 19.3 Å². The maximum Gasteiger partial charge on any atom is 0.233 e. The number of amides is 3. The monoisotopic (exact) mass is 319 g/mol. The molecule has 1 aromatic heterocycles. The summed E-state index contributed by atoms with van der Waals surface area (Å²) in [5.41, 5.74) is 0. The summed E-state index contributed by atoms with van der Waals surface area (Å²) >= 11 is 1.36. The van der Waals surface area contributed by atoms with Crippen LogP contribution in [0.5, 0.6) is 0 Å². The second-order valence-electron chi connectivity index (χ2n) is 5.47. The van der Waals surface area contributed by atoms with Crippen molar-refractivity contribution in [2.75, 3.05) is 11.9 Å². The molecule has 0 radical (unpaired) electrons. The molecule has 7 heteroatoms. The fourth-order valence-electron chi connectivity index (χ4n) is 2.95. The van der Waals surface area contributed by atoms with Gasteiger partial charge in [0.25, 0.3) is 0 Å². The summed E-state index contributed by atoms with van der Waals surface area (Å²) in [4.78, 5) is 41.6. The molecular formula is C15H17N3O3S. The topological polar surface area (TPSA) is 79.4 Å². The molecule has 22 heavy (non-hydrogen) atoms. The van der Waals surface area contributed by atoms with Gasteiger partial charge in [-0.15, -0.1) is 11.3 Å². The molecule has 1 N–H and O–H groups in total. The fraction of sp³-hybridized carbons (Fsp3) is 0.467. The van der Waals surface area contributed by atoms with Crippen LogP contribution in [0.25, 0.3) is 0 Å². The maximum absolute atomic E-state index is 12.2. The Balaban J connectivity index is 1.48. The van der Waals surface area contributed by atoms with E-state index in [1.54, 1.807) is 11.6 Å². The van der Waals surface area contributed by atoms with E-state index < -0.39 is 0 Å². The third-order valence-electron chi connectivity index (χ3n) is 4.06. The number of carbonyl (C=O) groups is 3. The van der Waals surface area contributed by atoms with E-state index in [2.05, 4.69) is 10.3 Å². The minimum atomic E-state index is -0.193. The zero-order valence-corrected chi connectivity index (χ0v) is 12.8. The summed E-state index contributed by atoms with van der Waals surface area (Å²) in [6.45, 7) is 0.315. The Kier molecular flexibility index (Phi) is 4.33. The minimum absolute atomic E-state index is 0.0836. The van der Waals surface area contributed by atoms with Gasteiger partial charge in [0, 0.05) is 24.5 Å². The molecule has 1 aliphatic heterocycles. The Morgan fingerprint density at radius 3 is 2.55 bits per heavy atom. The number of likely N-dealkylation sites (tertiary alicyclic amines) is 1. The highest BCUT2D eigenvalue weighted by molar-refractivity contribution is 7.13. The first-order valence-electron chi connectivity index (χ1n) is 7.36. The van der Waals surface area contributed by atoms with E-state index in [-0.39, 0.29) is 36.0 Å². The Bertz CT molecular complexity index is 586. The lowest BCUT2D eigenvalue weighted by atomic mass is 9.85. The van der Waals surface area contributed by atoms with Crippen molar-refractivity contribution in [3.05, 3.63) is 23.7 Å². The molecule has 1 aliphatic carbocycles. The van der Waals surface area contributed by atoms with Crippen LogP contribution in [0.4, 0.5) is 5.13 Å². The number of aromatic nitrogens is 1. The van der Waals surface area contributed by atoms with Crippen LogP contribution >= 0.6 is 11.3 Å².